The van der Waals surface area contributed by atoms with Crippen LogP contribution in [0.3, 0.4) is 0 Å². The zero-order valence-electron chi connectivity index (χ0n) is 19.0. The molecule has 2 heterocycles. The highest BCUT2D eigenvalue weighted by molar-refractivity contribution is 6.03. The van der Waals surface area contributed by atoms with Crippen LogP contribution in [-0.2, 0) is 13.1 Å². The van der Waals surface area contributed by atoms with Gasteiger partial charge < -0.3 is 32.2 Å². The Kier molecular flexibility index (Phi) is 7.09. The molecule has 10 heteroatoms. The summed E-state index contributed by atoms with van der Waals surface area (Å²) in [6, 6.07) is 14.6. The number of carbonyl (C=O) groups is 2. The number of para-hydroxylation sites is 1. The Morgan fingerprint density at radius 1 is 1.18 bits per heavy atom. The molecule has 1 aliphatic rings. The number of hydrogen-bond donors (Lipinski definition) is 5. The number of nitrogens with zero attached hydrogens (tertiary/aromatic N) is 2. The minimum atomic E-state index is -0.623. The molecule has 4 rings (SSSR count). The van der Waals surface area contributed by atoms with Crippen LogP contribution in [0, 0.1) is 0 Å². The Balaban J connectivity index is 1.49. The second-order valence-corrected chi connectivity index (χ2v) is 8.09. The van der Waals surface area contributed by atoms with Gasteiger partial charge in [-0.25, -0.2) is 4.68 Å². The Labute approximate surface area is 197 Å². The second-order valence-electron chi connectivity index (χ2n) is 8.09. The van der Waals surface area contributed by atoms with Crippen LogP contribution >= 0.6 is 0 Å². The van der Waals surface area contributed by atoms with Crippen LogP contribution in [0.25, 0.3) is 11.3 Å². The van der Waals surface area contributed by atoms with Crippen molar-refractivity contribution < 1.29 is 14.3 Å². The summed E-state index contributed by atoms with van der Waals surface area (Å²) in [6.45, 7) is 3.41. The average molecular weight is 464 g/mol. The normalized spacial score (nSPS) is 15.6. The number of nitrogen functional groups attached to an aromatic ring is 1. The first-order valence-corrected chi connectivity index (χ1v) is 11.1. The van der Waals surface area contributed by atoms with E-state index in [0.29, 0.717) is 35.7 Å². The minimum Gasteiger partial charge on any atom is -0.496 e. The summed E-state index contributed by atoms with van der Waals surface area (Å²) in [7, 11) is 1.53. The van der Waals surface area contributed by atoms with Gasteiger partial charge in [0.15, 0.2) is 0 Å². The molecule has 2 amide bonds. The summed E-state index contributed by atoms with van der Waals surface area (Å²) in [5.74, 6) is -0.0822. The highest BCUT2D eigenvalue weighted by atomic mass is 16.5. The number of benzene rings is 2. The third-order valence-corrected chi connectivity index (χ3v) is 5.79. The molecule has 10 nitrogen and oxygen atoms in total. The van der Waals surface area contributed by atoms with Gasteiger partial charge in [-0.3, -0.25) is 9.59 Å². The molecular formula is C24H29N7O3. The van der Waals surface area contributed by atoms with Crippen LogP contribution in [-0.4, -0.2) is 54.4 Å². The molecule has 1 aliphatic heterocycles. The van der Waals surface area contributed by atoms with Gasteiger partial charge in [0, 0.05) is 37.8 Å². The molecule has 3 aromatic rings. The number of primary amides is 1. The van der Waals surface area contributed by atoms with Gasteiger partial charge in [0.05, 0.1) is 19.2 Å². The predicted octanol–water partition coefficient (Wildman–Crippen LogP) is 0.731. The number of ether oxygens (including phenoxy) is 1. The van der Waals surface area contributed by atoms with E-state index in [-0.39, 0.29) is 23.3 Å². The van der Waals surface area contributed by atoms with Crippen molar-refractivity contribution in [2.45, 2.75) is 19.1 Å². The smallest absolute Gasteiger partial charge is 0.255 e. The zero-order valence-corrected chi connectivity index (χ0v) is 19.0. The van der Waals surface area contributed by atoms with E-state index in [1.54, 1.807) is 22.9 Å². The lowest BCUT2D eigenvalue weighted by Gasteiger charge is -2.24. The number of rotatable bonds is 8. The Bertz CT molecular complexity index is 1170. The summed E-state index contributed by atoms with van der Waals surface area (Å²) >= 11 is 0. The fraction of sp³-hybridized carbons (Fsp3) is 0.292. The third kappa shape index (κ3) is 5.03. The van der Waals surface area contributed by atoms with Gasteiger partial charge >= 0.3 is 0 Å². The van der Waals surface area contributed by atoms with Crippen molar-refractivity contribution in [2.75, 3.05) is 32.5 Å². The lowest BCUT2D eigenvalue weighted by molar-refractivity contribution is 0.0946. The molecule has 1 aromatic heterocycles. The number of aromatic nitrogens is 2. The summed E-state index contributed by atoms with van der Waals surface area (Å²) < 4.78 is 6.87. The van der Waals surface area contributed by atoms with Crippen molar-refractivity contribution in [3.8, 4) is 17.0 Å². The molecule has 1 saturated heterocycles. The van der Waals surface area contributed by atoms with Crippen LogP contribution < -0.4 is 32.2 Å². The average Bonchev–Trinajstić information content (AvgIpc) is 3.19. The number of amides is 2. The largest absolute Gasteiger partial charge is 0.496 e. The third-order valence-electron chi connectivity index (χ3n) is 5.79. The van der Waals surface area contributed by atoms with Crippen LogP contribution in [0.5, 0.6) is 5.75 Å². The highest BCUT2D eigenvalue weighted by Crippen LogP contribution is 2.27. The quantitative estimate of drug-likeness (QED) is 0.331. The molecule has 0 bridgehead atoms. The molecule has 178 valence electrons. The molecule has 0 aliphatic carbocycles. The van der Waals surface area contributed by atoms with Crippen molar-refractivity contribution in [2.24, 2.45) is 5.73 Å². The molecule has 0 saturated carbocycles. The van der Waals surface area contributed by atoms with Crippen LogP contribution in [0.2, 0.25) is 0 Å². The SMILES string of the molecule is COc1ccccc1C(=O)NCc1ccc(-c2nn(C[C@@H]3CNCCN3)c(N)c2C(N)=O)cc1. The minimum absolute atomic E-state index is 0.152. The molecule has 1 atom stereocenters. The molecule has 0 spiro atoms. The lowest BCUT2D eigenvalue weighted by atomic mass is 10.0. The van der Waals surface area contributed by atoms with E-state index in [9.17, 15) is 9.59 Å². The van der Waals surface area contributed by atoms with E-state index < -0.39 is 5.91 Å². The predicted molar refractivity (Wildman–Crippen MR) is 129 cm³/mol. The number of anilines is 1. The van der Waals surface area contributed by atoms with E-state index in [1.165, 1.54) is 7.11 Å². The molecule has 7 N–H and O–H groups in total. The van der Waals surface area contributed by atoms with E-state index >= 15 is 0 Å². The maximum Gasteiger partial charge on any atom is 0.255 e. The molecule has 0 unspecified atom stereocenters. The summed E-state index contributed by atoms with van der Waals surface area (Å²) in [6.07, 6.45) is 0. The highest BCUT2D eigenvalue weighted by Gasteiger charge is 2.23. The zero-order chi connectivity index (χ0) is 24.1. The topological polar surface area (TPSA) is 149 Å². The number of hydrogen-bond acceptors (Lipinski definition) is 7. The maximum atomic E-state index is 12.5. The molecular weight excluding hydrogens is 434 g/mol. The second kappa shape index (κ2) is 10.4. The number of carbonyl (C=O) groups excluding carboxylic acids is 2. The standard InChI is InChI=1S/C24H29N7O3/c1-34-19-5-3-2-4-18(19)24(33)29-12-15-6-8-16(9-7-15)21-20(23(26)32)22(25)31(30-21)14-17-13-27-10-11-28-17/h2-9,17,27-28H,10-14,25H2,1H3,(H2,26,32)(H,29,33)/t17-/m0/s1. The first kappa shape index (κ1) is 23.3. The van der Waals surface area contributed by atoms with Crippen LogP contribution in [0.15, 0.2) is 48.5 Å². The first-order chi connectivity index (χ1) is 16.5. The fourth-order valence-electron chi connectivity index (χ4n) is 4.00. The van der Waals surface area contributed by atoms with Crippen molar-refractivity contribution in [3.05, 3.63) is 65.2 Å². The molecule has 2 aromatic carbocycles. The number of nitrogens with one attached hydrogen (secondary N) is 3. The lowest BCUT2D eigenvalue weighted by Crippen LogP contribution is -2.50. The van der Waals surface area contributed by atoms with Crippen LogP contribution in [0.1, 0.15) is 26.3 Å². The maximum absolute atomic E-state index is 12.5. The van der Waals surface area contributed by atoms with Gasteiger partial charge in [0.1, 0.15) is 22.8 Å². The number of nitrogens with two attached hydrogens (primary N) is 2. The first-order valence-electron chi connectivity index (χ1n) is 11.1. The summed E-state index contributed by atoms with van der Waals surface area (Å²) in [5, 5.41) is 14.2. The van der Waals surface area contributed by atoms with Crippen molar-refractivity contribution >= 4 is 17.6 Å². The number of piperazine rings is 1. The van der Waals surface area contributed by atoms with E-state index in [4.69, 9.17) is 16.2 Å². The van der Waals surface area contributed by atoms with Crippen LogP contribution in [0.4, 0.5) is 5.82 Å². The van der Waals surface area contributed by atoms with Gasteiger partial charge in [0.25, 0.3) is 11.8 Å². The molecule has 34 heavy (non-hydrogen) atoms. The van der Waals surface area contributed by atoms with Gasteiger partial charge in [-0.15, -0.1) is 0 Å². The van der Waals surface area contributed by atoms with Gasteiger partial charge in [-0.1, -0.05) is 36.4 Å². The van der Waals surface area contributed by atoms with Crippen molar-refractivity contribution in [1.82, 2.24) is 25.7 Å². The number of methoxy groups -OCH3 is 1. The Morgan fingerprint density at radius 2 is 1.94 bits per heavy atom. The van der Waals surface area contributed by atoms with E-state index in [0.717, 1.165) is 25.2 Å². The monoisotopic (exact) mass is 463 g/mol. The Morgan fingerprint density at radius 3 is 2.62 bits per heavy atom. The van der Waals surface area contributed by atoms with E-state index in [1.807, 2.05) is 30.3 Å². The van der Waals surface area contributed by atoms with Crippen molar-refractivity contribution in [3.63, 3.8) is 0 Å². The van der Waals surface area contributed by atoms with Gasteiger partial charge in [-0.05, 0) is 17.7 Å². The molecule has 0 radical (unpaired) electrons. The Hall–Kier alpha value is -3.89. The van der Waals surface area contributed by atoms with E-state index in [2.05, 4.69) is 21.0 Å². The molecule has 1 fully saturated rings. The summed E-state index contributed by atoms with van der Waals surface area (Å²) in [5.41, 5.74) is 14.6. The van der Waals surface area contributed by atoms with Gasteiger partial charge in [0.2, 0.25) is 0 Å². The summed E-state index contributed by atoms with van der Waals surface area (Å²) in [4.78, 5) is 24.7. The van der Waals surface area contributed by atoms with Gasteiger partial charge in [-0.2, -0.15) is 5.10 Å². The fourth-order valence-corrected chi connectivity index (χ4v) is 4.00. The van der Waals surface area contributed by atoms with Crippen molar-refractivity contribution in [1.29, 1.82) is 0 Å².